The first-order valence-electron chi connectivity index (χ1n) is 3.78. The Bertz CT molecular complexity index is 376. The number of methoxy groups -OCH3 is 1. The zero-order chi connectivity index (χ0) is 10.6. The Labute approximate surface area is 79.8 Å². The van der Waals surface area contributed by atoms with E-state index in [2.05, 4.69) is 0 Å². The fourth-order valence-corrected chi connectivity index (χ4v) is 0.927. The maximum Gasteiger partial charge on any atom is 0.235 e. The molecule has 0 aliphatic carbocycles. The van der Waals surface area contributed by atoms with Gasteiger partial charge in [-0.2, -0.15) is 0 Å². The van der Waals surface area contributed by atoms with Gasteiger partial charge in [0.1, 0.15) is 0 Å². The topological polar surface area (TPSA) is 52.4 Å². The molecule has 5 heteroatoms. The number of benzene rings is 1. The van der Waals surface area contributed by atoms with Crippen LogP contribution in [-0.4, -0.2) is 12.0 Å². The summed E-state index contributed by atoms with van der Waals surface area (Å²) in [7, 11) is 1.33. The standard InChI is InChI=1S/C9H8FNO3/c1-14-9-6-7(2-3-8(9)10)4-5-11(12)13/h2-6H,1H3/b5-4+. The van der Waals surface area contributed by atoms with Gasteiger partial charge in [0.15, 0.2) is 11.6 Å². The highest BCUT2D eigenvalue weighted by molar-refractivity contribution is 5.50. The molecule has 0 heterocycles. The third kappa shape index (κ3) is 2.55. The number of halogens is 1. The van der Waals surface area contributed by atoms with Crippen molar-refractivity contribution < 1.29 is 14.1 Å². The van der Waals surface area contributed by atoms with Crippen LogP contribution in [0.15, 0.2) is 24.4 Å². The van der Waals surface area contributed by atoms with Gasteiger partial charge in [0, 0.05) is 6.08 Å². The van der Waals surface area contributed by atoms with Crippen LogP contribution in [0.3, 0.4) is 0 Å². The normalized spacial score (nSPS) is 10.4. The maximum absolute atomic E-state index is 12.9. The molecule has 0 unspecified atom stereocenters. The summed E-state index contributed by atoms with van der Waals surface area (Å²) in [5.74, 6) is -0.429. The van der Waals surface area contributed by atoms with Gasteiger partial charge in [-0.05, 0) is 17.7 Å². The molecule has 1 rings (SSSR count). The second-order valence-electron chi connectivity index (χ2n) is 2.50. The van der Waals surface area contributed by atoms with E-state index in [-0.39, 0.29) is 5.75 Å². The van der Waals surface area contributed by atoms with Crippen molar-refractivity contribution in [3.05, 3.63) is 45.9 Å². The Morgan fingerprint density at radius 3 is 2.86 bits per heavy atom. The fourth-order valence-electron chi connectivity index (χ4n) is 0.927. The maximum atomic E-state index is 12.9. The smallest absolute Gasteiger partial charge is 0.235 e. The summed E-state index contributed by atoms with van der Waals surface area (Å²) in [6.45, 7) is 0. The van der Waals surface area contributed by atoms with Crippen LogP contribution in [0.25, 0.3) is 6.08 Å². The predicted molar refractivity (Wildman–Crippen MR) is 49.0 cm³/mol. The van der Waals surface area contributed by atoms with Gasteiger partial charge in [-0.3, -0.25) is 10.1 Å². The van der Waals surface area contributed by atoms with Gasteiger partial charge < -0.3 is 4.74 Å². The molecule has 0 bridgehead atoms. The average molecular weight is 197 g/mol. The first kappa shape index (κ1) is 10.2. The van der Waals surface area contributed by atoms with Crippen molar-refractivity contribution >= 4 is 6.08 Å². The second kappa shape index (κ2) is 4.36. The number of hydrogen-bond donors (Lipinski definition) is 0. The molecule has 0 saturated heterocycles. The summed E-state index contributed by atoms with van der Waals surface area (Å²) in [5.41, 5.74) is 0.514. The summed E-state index contributed by atoms with van der Waals surface area (Å²) in [6, 6.07) is 4.01. The predicted octanol–water partition coefficient (Wildman–Crippen LogP) is 2.08. The molecule has 0 atom stereocenters. The van der Waals surface area contributed by atoms with Crippen LogP contribution in [0.4, 0.5) is 4.39 Å². The molecule has 0 spiro atoms. The number of rotatable bonds is 3. The van der Waals surface area contributed by atoms with Crippen molar-refractivity contribution in [3.63, 3.8) is 0 Å². The summed E-state index contributed by atoms with van der Waals surface area (Å²) < 4.78 is 17.6. The van der Waals surface area contributed by atoms with Gasteiger partial charge in [0.05, 0.1) is 12.0 Å². The molecule has 0 aliphatic heterocycles. The summed E-state index contributed by atoms with van der Waals surface area (Å²) in [4.78, 5) is 9.42. The Morgan fingerprint density at radius 1 is 1.57 bits per heavy atom. The van der Waals surface area contributed by atoms with E-state index in [4.69, 9.17) is 4.74 Å². The van der Waals surface area contributed by atoms with E-state index in [1.807, 2.05) is 0 Å². The molecular formula is C9H8FNO3. The molecule has 74 valence electrons. The lowest BCUT2D eigenvalue weighted by molar-refractivity contribution is -0.400. The van der Waals surface area contributed by atoms with Crippen LogP contribution in [0.1, 0.15) is 5.56 Å². The van der Waals surface area contributed by atoms with Gasteiger partial charge >= 0.3 is 0 Å². The van der Waals surface area contributed by atoms with Gasteiger partial charge in [-0.15, -0.1) is 0 Å². The Morgan fingerprint density at radius 2 is 2.29 bits per heavy atom. The number of nitro groups is 1. The van der Waals surface area contributed by atoms with Crippen LogP contribution in [0.2, 0.25) is 0 Å². The van der Waals surface area contributed by atoms with E-state index in [0.717, 1.165) is 6.20 Å². The molecule has 0 fully saturated rings. The quantitative estimate of drug-likeness (QED) is 0.550. The molecule has 1 aromatic carbocycles. The van der Waals surface area contributed by atoms with Gasteiger partial charge in [-0.25, -0.2) is 4.39 Å². The lowest BCUT2D eigenvalue weighted by Gasteiger charge is -2.01. The fraction of sp³-hybridized carbons (Fsp3) is 0.111. The van der Waals surface area contributed by atoms with Crippen LogP contribution < -0.4 is 4.74 Å². The summed E-state index contributed by atoms with van der Waals surface area (Å²) in [5, 5.41) is 10.0. The minimum atomic E-state index is -0.587. The highest BCUT2D eigenvalue weighted by Gasteiger charge is 2.01. The lowest BCUT2D eigenvalue weighted by Crippen LogP contribution is -1.88. The molecule has 0 saturated carbocycles. The minimum absolute atomic E-state index is 0.0653. The third-order valence-electron chi connectivity index (χ3n) is 1.56. The van der Waals surface area contributed by atoms with Crippen molar-refractivity contribution in [2.24, 2.45) is 0 Å². The van der Waals surface area contributed by atoms with Crippen molar-refractivity contribution in [2.45, 2.75) is 0 Å². The van der Waals surface area contributed by atoms with E-state index in [9.17, 15) is 14.5 Å². The van der Waals surface area contributed by atoms with Gasteiger partial charge in [-0.1, -0.05) is 6.07 Å². The zero-order valence-electron chi connectivity index (χ0n) is 7.44. The molecule has 0 aliphatic rings. The molecular weight excluding hydrogens is 189 g/mol. The van der Waals surface area contributed by atoms with Gasteiger partial charge in [0.2, 0.25) is 6.20 Å². The molecule has 0 radical (unpaired) electrons. The minimum Gasteiger partial charge on any atom is -0.494 e. The molecule has 14 heavy (non-hydrogen) atoms. The molecule has 4 nitrogen and oxygen atoms in total. The largest absolute Gasteiger partial charge is 0.494 e. The SMILES string of the molecule is COc1cc(/C=C/[N+](=O)[O-])ccc1F. The van der Waals surface area contributed by atoms with Crippen LogP contribution in [-0.2, 0) is 0 Å². The van der Waals surface area contributed by atoms with E-state index in [1.165, 1.54) is 31.4 Å². The van der Waals surface area contributed by atoms with E-state index in [0.29, 0.717) is 5.56 Å². The second-order valence-corrected chi connectivity index (χ2v) is 2.50. The first-order chi connectivity index (χ1) is 6.63. The van der Waals surface area contributed by atoms with Crippen LogP contribution in [0.5, 0.6) is 5.75 Å². The first-order valence-corrected chi connectivity index (χ1v) is 3.78. The number of hydrogen-bond acceptors (Lipinski definition) is 3. The summed E-state index contributed by atoms with van der Waals surface area (Å²) in [6.07, 6.45) is 2.05. The third-order valence-corrected chi connectivity index (χ3v) is 1.56. The number of nitrogens with zero attached hydrogens (tertiary/aromatic N) is 1. The zero-order valence-corrected chi connectivity index (χ0v) is 7.44. The van der Waals surface area contributed by atoms with Gasteiger partial charge in [0.25, 0.3) is 0 Å². The van der Waals surface area contributed by atoms with Crippen molar-refractivity contribution in [1.29, 1.82) is 0 Å². The highest BCUT2D eigenvalue weighted by Crippen LogP contribution is 2.18. The molecule has 0 aromatic heterocycles. The van der Waals surface area contributed by atoms with Crippen molar-refractivity contribution in [2.75, 3.05) is 7.11 Å². The van der Waals surface area contributed by atoms with Crippen molar-refractivity contribution in [3.8, 4) is 5.75 Å². The van der Waals surface area contributed by atoms with Crippen LogP contribution >= 0.6 is 0 Å². The highest BCUT2D eigenvalue weighted by atomic mass is 19.1. The van der Waals surface area contributed by atoms with Crippen LogP contribution in [0, 0.1) is 15.9 Å². The lowest BCUT2D eigenvalue weighted by atomic mass is 10.2. The molecule has 0 amide bonds. The monoisotopic (exact) mass is 197 g/mol. The van der Waals surface area contributed by atoms with Crippen molar-refractivity contribution in [1.82, 2.24) is 0 Å². The van der Waals surface area contributed by atoms with E-state index < -0.39 is 10.7 Å². The van der Waals surface area contributed by atoms with E-state index in [1.54, 1.807) is 0 Å². The van der Waals surface area contributed by atoms with E-state index >= 15 is 0 Å². The number of ether oxygens (including phenoxy) is 1. The molecule has 0 N–H and O–H groups in total. The average Bonchev–Trinajstić information content (AvgIpc) is 2.16. The summed E-state index contributed by atoms with van der Waals surface area (Å²) >= 11 is 0. The molecule has 1 aromatic rings. The Balaban J connectivity index is 2.95. The Hall–Kier alpha value is -1.91. The Kier molecular flexibility index (Phi) is 3.17.